The van der Waals surface area contributed by atoms with Crippen molar-refractivity contribution in [1.29, 1.82) is 0 Å². The van der Waals surface area contributed by atoms with E-state index in [1.54, 1.807) is 18.5 Å². The molecule has 98 valence electrons. The Kier molecular flexibility index (Phi) is 3.75. The fourth-order valence-electron chi connectivity index (χ4n) is 1.92. The minimum atomic E-state index is -0.370. The van der Waals surface area contributed by atoms with Crippen LogP contribution in [0.15, 0.2) is 42.7 Å². The number of hydrogen-bond donors (Lipinski definition) is 1. The van der Waals surface area contributed by atoms with Crippen molar-refractivity contribution in [3.05, 3.63) is 64.0 Å². The van der Waals surface area contributed by atoms with Crippen molar-refractivity contribution in [2.45, 2.75) is 19.9 Å². The molecule has 0 fully saturated rings. The van der Waals surface area contributed by atoms with Gasteiger partial charge in [0.05, 0.1) is 11.0 Å². The lowest BCUT2D eigenvalue weighted by Gasteiger charge is -2.16. The van der Waals surface area contributed by atoms with Gasteiger partial charge in [0.1, 0.15) is 5.69 Å². The molecule has 1 unspecified atom stereocenters. The number of para-hydroxylation sites is 1. The van der Waals surface area contributed by atoms with E-state index in [0.29, 0.717) is 5.69 Å². The van der Waals surface area contributed by atoms with Crippen LogP contribution in [0.5, 0.6) is 0 Å². The van der Waals surface area contributed by atoms with E-state index in [4.69, 9.17) is 0 Å². The second-order valence-corrected chi connectivity index (χ2v) is 4.38. The third-order valence-electron chi connectivity index (χ3n) is 2.99. The van der Waals surface area contributed by atoms with Crippen molar-refractivity contribution in [2.24, 2.45) is 0 Å². The minimum Gasteiger partial charge on any atom is -0.373 e. The molecule has 2 rings (SSSR count). The van der Waals surface area contributed by atoms with Crippen molar-refractivity contribution < 1.29 is 4.92 Å². The second kappa shape index (κ2) is 5.48. The zero-order valence-corrected chi connectivity index (χ0v) is 10.8. The lowest BCUT2D eigenvalue weighted by Crippen LogP contribution is -2.09. The van der Waals surface area contributed by atoms with Gasteiger partial charge in [-0.15, -0.1) is 0 Å². The number of aromatic nitrogens is 1. The molecule has 0 aliphatic carbocycles. The van der Waals surface area contributed by atoms with E-state index >= 15 is 0 Å². The van der Waals surface area contributed by atoms with Crippen LogP contribution in [0, 0.1) is 17.0 Å². The van der Waals surface area contributed by atoms with Crippen molar-refractivity contribution in [3.8, 4) is 0 Å². The number of rotatable bonds is 4. The Bertz CT molecular complexity index is 584. The van der Waals surface area contributed by atoms with Gasteiger partial charge >= 0.3 is 0 Å². The summed E-state index contributed by atoms with van der Waals surface area (Å²) in [6, 6.07) is 8.78. The molecule has 0 saturated heterocycles. The van der Waals surface area contributed by atoms with Gasteiger partial charge in [-0.3, -0.25) is 15.1 Å². The van der Waals surface area contributed by atoms with Gasteiger partial charge in [-0.25, -0.2) is 0 Å². The maximum Gasteiger partial charge on any atom is 0.292 e. The predicted octanol–water partition coefficient (Wildman–Crippen LogP) is 3.47. The average molecular weight is 257 g/mol. The first-order valence-corrected chi connectivity index (χ1v) is 6.00. The molecule has 0 radical (unpaired) electrons. The maximum absolute atomic E-state index is 11.0. The van der Waals surface area contributed by atoms with Gasteiger partial charge in [-0.2, -0.15) is 0 Å². The number of benzene rings is 1. The Balaban J connectivity index is 2.31. The normalized spacial score (nSPS) is 11.9. The van der Waals surface area contributed by atoms with Crippen LogP contribution in [-0.2, 0) is 0 Å². The van der Waals surface area contributed by atoms with Gasteiger partial charge in [0.2, 0.25) is 0 Å². The monoisotopic (exact) mass is 257 g/mol. The SMILES string of the molecule is Cc1cccc([N+](=O)[O-])c1NC(C)c1cccnc1. The zero-order chi connectivity index (χ0) is 13.8. The second-order valence-electron chi connectivity index (χ2n) is 4.38. The molecule has 1 heterocycles. The summed E-state index contributed by atoms with van der Waals surface area (Å²) in [5, 5.41) is 14.2. The van der Waals surface area contributed by atoms with Crippen LogP contribution in [0.3, 0.4) is 0 Å². The van der Waals surface area contributed by atoms with E-state index in [9.17, 15) is 10.1 Å². The summed E-state index contributed by atoms with van der Waals surface area (Å²) in [5.74, 6) is 0. The quantitative estimate of drug-likeness (QED) is 0.672. The highest BCUT2D eigenvalue weighted by molar-refractivity contribution is 5.66. The zero-order valence-electron chi connectivity index (χ0n) is 10.8. The number of hydrogen-bond acceptors (Lipinski definition) is 4. The van der Waals surface area contributed by atoms with Crippen molar-refractivity contribution >= 4 is 11.4 Å². The molecule has 0 aliphatic rings. The molecule has 1 aromatic carbocycles. The first kappa shape index (κ1) is 13.0. The number of nitrogens with one attached hydrogen (secondary N) is 1. The van der Waals surface area contributed by atoms with Crippen LogP contribution in [-0.4, -0.2) is 9.91 Å². The van der Waals surface area contributed by atoms with Gasteiger partial charge in [-0.05, 0) is 31.0 Å². The number of nitrogens with zero attached hydrogens (tertiary/aromatic N) is 2. The van der Waals surface area contributed by atoms with Gasteiger partial charge in [0.25, 0.3) is 5.69 Å². The Hall–Kier alpha value is -2.43. The van der Waals surface area contributed by atoms with Crippen LogP contribution in [0.2, 0.25) is 0 Å². The summed E-state index contributed by atoms with van der Waals surface area (Å²) in [6.45, 7) is 3.80. The van der Waals surface area contributed by atoms with Crippen LogP contribution < -0.4 is 5.32 Å². The first-order valence-electron chi connectivity index (χ1n) is 6.00. The van der Waals surface area contributed by atoms with Crippen molar-refractivity contribution in [1.82, 2.24) is 4.98 Å². The van der Waals surface area contributed by atoms with Gasteiger partial charge in [0, 0.05) is 18.5 Å². The largest absolute Gasteiger partial charge is 0.373 e. The number of aryl methyl sites for hydroxylation is 1. The van der Waals surface area contributed by atoms with Crippen LogP contribution >= 0.6 is 0 Å². The molecule has 0 aliphatic heterocycles. The number of nitro benzene ring substituents is 1. The van der Waals surface area contributed by atoms with Gasteiger partial charge in [0.15, 0.2) is 0 Å². The van der Waals surface area contributed by atoms with E-state index in [1.165, 1.54) is 6.07 Å². The van der Waals surface area contributed by atoms with Crippen molar-refractivity contribution in [2.75, 3.05) is 5.32 Å². The topological polar surface area (TPSA) is 68.1 Å². The molecule has 5 nitrogen and oxygen atoms in total. The Morgan fingerprint density at radius 2 is 2.11 bits per heavy atom. The minimum absolute atomic E-state index is 0.0477. The molecule has 1 N–H and O–H groups in total. The van der Waals surface area contributed by atoms with E-state index in [-0.39, 0.29) is 16.7 Å². The predicted molar refractivity (Wildman–Crippen MR) is 74.1 cm³/mol. The molecule has 2 aromatic rings. The standard InChI is InChI=1S/C14H15N3O2/c1-10-5-3-7-13(17(18)19)14(10)16-11(2)12-6-4-8-15-9-12/h3-9,11,16H,1-2H3. The summed E-state index contributed by atoms with van der Waals surface area (Å²) in [5.41, 5.74) is 2.49. The Morgan fingerprint density at radius 3 is 2.74 bits per heavy atom. The summed E-state index contributed by atoms with van der Waals surface area (Å²) >= 11 is 0. The molecule has 0 spiro atoms. The van der Waals surface area contributed by atoms with E-state index < -0.39 is 0 Å². The first-order chi connectivity index (χ1) is 9.09. The molecule has 19 heavy (non-hydrogen) atoms. The molecule has 0 bridgehead atoms. The highest BCUT2D eigenvalue weighted by Gasteiger charge is 2.17. The van der Waals surface area contributed by atoms with Crippen molar-refractivity contribution in [3.63, 3.8) is 0 Å². The number of nitro groups is 1. The molecule has 0 amide bonds. The van der Waals surface area contributed by atoms with Crippen LogP contribution in [0.1, 0.15) is 24.1 Å². The summed E-state index contributed by atoms with van der Waals surface area (Å²) < 4.78 is 0. The van der Waals surface area contributed by atoms with Crippen LogP contribution in [0.4, 0.5) is 11.4 Å². The number of anilines is 1. The summed E-state index contributed by atoms with van der Waals surface area (Å²) in [6.07, 6.45) is 3.45. The third kappa shape index (κ3) is 2.88. The molecule has 5 heteroatoms. The molecule has 1 atom stereocenters. The number of pyridine rings is 1. The molecular weight excluding hydrogens is 242 g/mol. The highest BCUT2D eigenvalue weighted by Crippen LogP contribution is 2.30. The Labute approximate surface area is 111 Å². The molecule has 1 aromatic heterocycles. The van der Waals surface area contributed by atoms with Gasteiger partial charge < -0.3 is 5.32 Å². The highest BCUT2D eigenvalue weighted by atomic mass is 16.6. The van der Waals surface area contributed by atoms with E-state index in [1.807, 2.05) is 32.0 Å². The molecular formula is C14H15N3O2. The summed E-state index contributed by atoms with van der Waals surface area (Å²) in [7, 11) is 0. The fraction of sp³-hybridized carbons (Fsp3) is 0.214. The lowest BCUT2D eigenvalue weighted by atomic mass is 10.1. The van der Waals surface area contributed by atoms with E-state index in [0.717, 1.165) is 11.1 Å². The summed E-state index contributed by atoms with van der Waals surface area (Å²) in [4.78, 5) is 14.7. The van der Waals surface area contributed by atoms with E-state index in [2.05, 4.69) is 10.3 Å². The maximum atomic E-state index is 11.0. The smallest absolute Gasteiger partial charge is 0.292 e. The fourth-order valence-corrected chi connectivity index (χ4v) is 1.92. The lowest BCUT2D eigenvalue weighted by molar-refractivity contribution is -0.384. The Morgan fingerprint density at radius 1 is 1.32 bits per heavy atom. The average Bonchev–Trinajstić information content (AvgIpc) is 2.41. The third-order valence-corrected chi connectivity index (χ3v) is 2.99. The molecule has 0 saturated carbocycles. The van der Waals surface area contributed by atoms with Crippen LogP contribution in [0.25, 0.3) is 0 Å². The van der Waals surface area contributed by atoms with Gasteiger partial charge in [-0.1, -0.05) is 18.2 Å².